The summed E-state index contributed by atoms with van der Waals surface area (Å²) < 4.78 is 4.81. The SMILES string of the molecule is Cc1cc(=NCCCCCCCCCCN=c2cc(C)n(Cc3ccccc3)c3ccccc23)c2ccccc2n1Cc1ccccc1. The molecule has 0 unspecified atom stereocenters. The third-order valence-corrected chi connectivity index (χ3v) is 9.48. The Balaban J connectivity index is 0.932. The number of benzene rings is 4. The Morgan fingerprint density at radius 1 is 0.417 bits per heavy atom. The highest BCUT2D eigenvalue weighted by atomic mass is 15.0. The minimum atomic E-state index is 0.877. The molecule has 0 radical (unpaired) electrons. The molecule has 0 saturated heterocycles. The number of hydrogen-bond acceptors (Lipinski definition) is 2. The van der Waals surface area contributed by atoms with Crippen LogP contribution >= 0.6 is 0 Å². The lowest BCUT2D eigenvalue weighted by atomic mass is 10.1. The molecule has 4 aromatic carbocycles. The van der Waals surface area contributed by atoms with E-state index < -0.39 is 0 Å². The Kier molecular flexibility index (Phi) is 11.7. The van der Waals surface area contributed by atoms with Gasteiger partial charge in [0.2, 0.25) is 0 Å². The van der Waals surface area contributed by atoms with Crippen molar-refractivity contribution >= 4 is 21.8 Å². The zero-order chi connectivity index (χ0) is 33.0. The number of hydrogen-bond donors (Lipinski definition) is 0. The quantitative estimate of drug-likeness (QED) is 0.101. The van der Waals surface area contributed by atoms with Gasteiger partial charge in [0.1, 0.15) is 0 Å². The molecule has 0 aliphatic heterocycles. The largest absolute Gasteiger partial charge is 0.340 e. The number of nitrogens with zero attached hydrogens (tertiary/aromatic N) is 4. The van der Waals surface area contributed by atoms with E-state index in [1.165, 1.54) is 82.8 Å². The van der Waals surface area contributed by atoms with E-state index in [4.69, 9.17) is 9.98 Å². The van der Waals surface area contributed by atoms with Crippen LogP contribution in [-0.4, -0.2) is 22.2 Å². The molecular formula is C44H50N4. The van der Waals surface area contributed by atoms with Gasteiger partial charge in [-0.05, 0) is 62.1 Å². The summed E-state index contributed by atoms with van der Waals surface area (Å²) in [6.07, 6.45) is 10.0. The Morgan fingerprint density at radius 3 is 1.19 bits per heavy atom. The van der Waals surface area contributed by atoms with Crippen LogP contribution in [0.5, 0.6) is 0 Å². The summed E-state index contributed by atoms with van der Waals surface area (Å²) in [6, 6.07) is 43.4. The number of aryl methyl sites for hydroxylation is 2. The van der Waals surface area contributed by atoms with Gasteiger partial charge in [-0.2, -0.15) is 0 Å². The molecule has 0 fully saturated rings. The number of aromatic nitrogens is 2. The van der Waals surface area contributed by atoms with Gasteiger partial charge in [-0.3, -0.25) is 9.98 Å². The second-order valence-corrected chi connectivity index (χ2v) is 13.1. The maximum absolute atomic E-state index is 5.06. The highest BCUT2D eigenvalue weighted by molar-refractivity contribution is 5.80. The van der Waals surface area contributed by atoms with Crippen molar-refractivity contribution in [2.24, 2.45) is 9.98 Å². The molecular weight excluding hydrogens is 585 g/mol. The van der Waals surface area contributed by atoms with Crippen LogP contribution in [0.3, 0.4) is 0 Å². The molecule has 246 valence electrons. The van der Waals surface area contributed by atoms with Gasteiger partial charge in [-0.25, -0.2) is 0 Å². The highest BCUT2D eigenvalue weighted by Gasteiger charge is 2.07. The summed E-state index contributed by atoms with van der Waals surface area (Å²) in [4.78, 5) is 10.1. The molecule has 48 heavy (non-hydrogen) atoms. The van der Waals surface area contributed by atoms with Crippen LogP contribution in [-0.2, 0) is 13.1 Å². The summed E-state index contributed by atoms with van der Waals surface area (Å²) >= 11 is 0. The summed E-state index contributed by atoms with van der Waals surface area (Å²) in [7, 11) is 0. The van der Waals surface area contributed by atoms with E-state index in [1.54, 1.807) is 0 Å². The third-order valence-electron chi connectivity index (χ3n) is 9.48. The number of unbranched alkanes of at least 4 members (excludes halogenated alkanes) is 7. The van der Waals surface area contributed by atoms with Gasteiger partial charge in [0.25, 0.3) is 0 Å². The predicted octanol–water partition coefficient (Wildman–Crippen LogP) is 9.93. The fourth-order valence-electron chi connectivity index (χ4n) is 6.83. The van der Waals surface area contributed by atoms with Crippen molar-refractivity contribution < 1.29 is 0 Å². The van der Waals surface area contributed by atoms with Crippen molar-refractivity contribution in [2.75, 3.05) is 13.1 Å². The topological polar surface area (TPSA) is 34.6 Å². The van der Waals surface area contributed by atoms with Crippen LogP contribution in [0.25, 0.3) is 21.8 Å². The van der Waals surface area contributed by atoms with Gasteiger partial charge < -0.3 is 9.13 Å². The van der Waals surface area contributed by atoms with E-state index in [-0.39, 0.29) is 0 Å². The van der Waals surface area contributed by atoms with E-state index in [9.17, 15) is 0 Å². The lowest BCUT2D eigenvalue weighted by molar-refractivity contribution is 0.571. The molecule has 0 atom stereocenters. The first-order chi connectivity index (χ1) is 23.7. The molecule has 0 saturated carbocycles. The van der Waals surface area contributed by atoms with Gasteiger partial charge in [0.15, 0.2) is 0 Å². The lowest BCUT2D eigenvalue weighted by Gasteiger charge is -2.15. The second-order valence-electron chi connectivity index (χ2n) is 13.1. The van der Waals surface area contributed by atoms with E-state index in [1.807, 2.05) is 0 Å². The average molecular weight is 635 g/mol. The fraction of sp³-hybridized carbons (Fsp3) is 0.318. The monoisotopic (exact) mass is 634 g/mol. The van der Waals surface area contributed by atoms with Crippen LogP contribution in [0, 0.1) is 13.8 Å². The number of pyridine rings is 2. The third kappa shape index (κ3) is 8.60. The van der Waals surface area contributed by atoms with Gasteiger partial charge in [-0.1, -0.05) is 136 Å². The fourth-order valence-corrected chi connectivity index (χ4v) is 6.83. The Hall–Kier alpha value is -4.70. The molecule has 0 spiro atoms. The van der Waals surface area contributed by atoms with Gasteiger partial charge in [0, 0.05) is 48.3 Å². The molecule has 0 bridgehead atoms. The standard InChI is InChI=1S/C44H50N4/c1-35-31-41(39-25-15-17-27-43(39)47(35)33-37-21-11-9-12-22-37)45-29-19-7-5-3-4-6-8-20-30-46-42-32-36(2)48(34-38-23-13-10-14-24-38)44-28-18-16-26-40(42)44/h9-18,21-28,31-32H,3-8,19-20,29-30,33-34H2,1-2H3. The minimum absolute atomic E-state index is 0.877. The molecule has 4 heteroatoms. The molecule has 6 rings (SSSR count). The maximum Gasteiger partial charge on any atom is 0.0684 e. The molecule has 0 aliphatic rings. The summed E-state index contributed by atoms with van der Waals surface area (Å²) in [5.74, 6) is 0. The first kappa shape index (κ1) is 33.2. The van der Waals surface area contributed by atoms with Crippen molar-refractivity contribution in [3.05, 3.63) is 155 Å². The van der Waals surface area contributed by atoms with Crippen molar-refractivity contribution in [3.63, 3.8) is 0 Å². The van der Waals surface area contributed by atoms with Crippen molar-refractivity contribution in [3.8, 4) is 0 Å². The van der Waals surface area contributed by atoms with E-state index >= 15 is 0 Å². The van der Waals surface area contributed by atoms with Crippen molar-refractivity contribution in [2.45, 2.75) is 78.3 Å². The maximum atomic E-state index is 5.06. The summed E-state index contributed by atoms with van der Waals surface area (Å²) in [6.45, 7) is 7.95. The summed E-state index contributed by atoms with van der Waals surface area (Å²) in [5, 5.41) is 4.74. The van der Waals surface area contributed by atoms with Gasteiger partial charge >= 0.3 is 0 Å². The first-order valence-corrected chi connectivity index (χ1v) is 17.9. The van der Waals surface area contributed by atoms with Crippen LogP contribution in [0.1, 0.15) is 73.9 Å². The second kappa shape index (κ2) is 16.9. The first-order valence-electron chi connectivity index (χ1n) is 17.9. The zero-order valence-corrected chi connectivity index (χ0v) is 28.8. The molecule has 0 aliphatic carbocycles. The number of rotatable bonds is 15. The number of para-hydroxylation sites is 2. The number of fused-ring (bicyclic) bond motifs is 2. The normalized spacial score (nSPS) is 12.4. The van der Waals surface area contributed by atoms with Crippen LogP contribution in [0.15, 0.2) is 131 Å². The molecule has 4 nitrogen and oxygen atoms in total. The molecule has 0 N–H and O–H groups in total. The van der Waals surface area contributed by atoms with Crippen LogP contribution in [0.2, 0.25) is 0 Å². The Morgan fingerprint density at radius 2 is 0.771 bits per heavy atom. The molecule has 6 aromatic rings. The van der Waals surface area contributed by atoms with Crippen LogP contribution < -0.4 is 10.7 Å². The van der Waals surface area contributed by atoms with Gasteiger partial charge in [0.05, 0.1) is 21.7 Å². The van der Waals surface area contributed by atoms with Crippen LogP contribution in [0.4, 0.5) is 0 Å². The van der Waals surface area contributed by atoms with Crippen molar-refractivity contribution in [1.82, 2.24) is 9.13 Å². The average Bonchev–Trinajstić information content (AvgIpc) is 3.12. The summed E-state index contributed by atoms with van der Waals surface area (Å²) in [5.41, 5.74) is 7.66. The lowest BCUT2D eigenvalue weighted by Crippen LogP contribution is -2.14. The zero-order valence-electron chi connectivity index (χ0n) is 28.8. The highest BCUT2D eigenvalue weighted by Crippen LogP contribution is 2.17. The van der Waals surface area contributed by atoms with E-state index in [2.05, 4.69) is 144 Å². The molecule has 0 amide bonds. The van der Waals surface area contributed by atoms with Crippen molar-refractivity contribution in [1.29, 1.82) is 0 Å². The molecule has 2 heterocycles. The Labute approximate surface area is 286 Å². The van der Waals surface area contributed by atoms with E-state index in [0.717, 1.165) is 49.7 Å². The molecule has 2 aromatic heterocycles. The minimum Gasteiger partial charge on any atom is -0.340 e. The smallest absolute Gasteiger partial charge is 0.0684 e. The Bertz CT molecular complexity index is 1900. The van der Waals surface area contributed by atoms with Gasteiger partial charge in [-0.15, -0.1) is 0 Å². The van der Waals surface area contributed by atoms with E-state index in [0.29, 0.717) is 0 Å². The predicted molar refractivity (Wildman–Crippen MR) is 202 cm³/mol.